The van der Waals surface area contributed by atoms with Gasteiger partial charge in [0, 0.05) is 46.1 Å². The van der Waals surface area contributed by atoms with E-state index < -0.39 is 0 Å². The van der Waals surface area contributed by atoms with E-state index in [0.29, 0.717) is 29.0 Å². The highest BCUT2D eigenvalue weighted by molar-refractivity contribution is 14.0. The summed E-state index contributed by atoms with van der Waals surface area (Å²) >= 11 is 11.9. The standard InChI is InChI=1S/C16H25Cl2N5O.HI/c1-19-16(21-5-2-8-24-11-12-3-4-12)22-7-6-20-15-14(18)9-13(17)10-23-15;/h9-10,12H,2-8,11H2,1H3,(H,20,23)(H2,19,21,22);1H. The van der Waals surface area contributed by atoms with E-state index in [1.807, 2.05) is 0 Å². The molecule has 2 rings (SSSR count). The molecule has 6 nitrogen and oxygen atoms in total. The monoisotopic (exact) mass is 501 g/mol. The van der Waals surface area contributed by atoms with E-state index in [0.717, 1.165) is 38.1 Å². The number of rotatable bonds is 10. The van der Waals surface area contributed by atoms with Gasteiger partial charge in [-0.3, -0.25) is 4.99 Å². The molecule has 0 bridgehead atoms. The van der Waals surface area contributed by atoms with Gasteiger partial charge in [-0.15, -0.1) is 24.0 Å². The quantitative estimate of drug-likeness (QED) is 0.198. The maximum atomic E-state index is 6.05. The molecule has 0 atom stereocenters. The summed E-state index contributed by atoms with van der Waals surface area (Å²) < 4.78 is 5.60. The molecule has 3 N–H and O–H groups in total. The van der Waals surface area contributed by atoms with Gasteiger partial charge in [0.05, 0.1) is 10.0 Å². The molecular formula is C16H26Cl2IN5O. The van der Waals surface area contributed by atoms with Gasteiger partial charge in [-0.1, -0.05) is 23.2 Å². The van der Waals surface area contributed by atoms with Gasteiger partial charge in [-0.25, -0.2) is 4.98 Å². The van der Waals surface area contributed by atoms with Crippen LogP contribution in [0.1, 0.15) is 19.3 Å². The third-order valence-electron chi connectivity index (χ3n) is 3.55. The fourth-order valence-corrected chi connectivity index (χ4v) is 2.49. The number of nitrogens with zero attached hydrogens (tertiary/aromatic N) is 2. The summed E-state index contributed by atoms with van der Waals surface area (Å²) in [5, 5.41) is 10.7. The van der Waals surface area contributed by atoms with E-state index >= 15 is 0 Å². The molecule has 0 saturated heterocycles. The number of aliphatic imine (C=N–C) groups is 1. The Morgan fingerprint density at radius 3 is 2.72 bits per heavy atom. The molecule has 1 aromatic heterocycles. The van der Waals surface area contributed by atoms with Crippen LogP contribution in [0.3, 0.4) is 0 Å². The van der Waals surface area contributed by atoms with Crippen molar-refractivity contribution in [3.05, 3.63) is 22.3 Å². The molecule has 1 fully saturated rings. The van der Waals surface area contributed by atoms with Crippen molar-refractivity contribution in [2.45, 2.75) is 19.3 Å². The van der Waals surface area contributed by atoms with Gasteiger partial charge in [0.1, 0.15) is 5.82 Å². The van der Waals surface area contributed by atoms with Crippen LogP contribution in [-0.2, 0) is 4.74 Å². The van der Waals surface area contributed by atoms with Crippen LogP contribution < -0.4 is 16.0 Å². The van der Waals surface area contributed by atoms with Crippen molar-refractivity contribution >= 4 is 59.0 Å². The first-order valence-corrected chi connectivity index (χ1v) is 9.02. The largest absolute Gasteiger partial charge is 0.381 e. The first-order chi connectivity index (χ1) is 11.7. The summed E-state index contributed by atoms with van der Waals surface area (Å²) in [5.74, 6) is 2.22. The second kappa shape index (κ2) is 12.8. The Kier molecular flexibility index (Phi) is 11.5. The number of halogens is 3. The molecule has 142 valence electrons. The Balaban J connectivity index is 0.00000312. The van der Waals surface area contributed by atoms with Crippen LogP contribution in [0, 0.1) is 5.92 Å². The predicted octanol–water partition coefficient (Wildman–Crippen LogP) is 3.40. The maximum absolute atomic E-state index is 6.05. The number of guanidine groups is 1. The van der Waals surface area contributed by atoms with Gasteiger partial charge >= 0.3 is 0 Å². The highest BCUT2D eigenvalue weighted by atomic mass is 127. The summed E-state index contributed by atoms with van der Waals surface area (Å²) in [6, 6.07) is 1.66. The Hall–Kier alpha value is -0.510. The van der Waals surface area contributed by atoms with Crippen LogP contribution in [0.25, 0.3) is 0 Å². The Morgan fingerprint density at radius 1 is 1.28 bits per heavy atom. The number of anilines is 1. The number of hydrogen-bond acceptors (Lipinski definition) is 4. The molecule has 1 saturated carbocycles. The minimum Gasteiger partial charge on any atom is -0.381 e. The molecule has 1 aliphatic rings. The molecule has 25 heavy (non-hydrogen) atoms. The lowest BCUT2D eigenvalue weighted by Crippen LogP contribution is -2.40. The predicted molar refractivity (Wildman–Crippen MR) is 116 cm³/mol. The summed E-state index contributed by atoms with van der Waals surface area (Å²) in [7, 11) is 1.75. The highest BCUT2D eigenvalue weighted by Gasteiger charge is 2.20. The van der Waals surface area contributed by atoms with E-state index in [-0.39, 0.29) is 24.0 Å². The minimum atomic E-state index is 0. The van der Waals surface area contributed by atoms with Crippen molar-refractivity contribution in [3.63, 3.8) is 0 Å². The van der Waals surface area contributed by atoms with Crippen molar-refractivity contribution in [2.24, 2.45) is 10.9 Å². The smallest absolute Gasteiger partial charge is 0.191 e. The normalized spacial score (nSPS) is 14.0. The average molecular weight is 502 g/mol. The lowest BCUT2D eigenvalue weighted by Gasteiger charge is -2.13. The topological polar surface area (TPSA) is 70.6 Å². The number of aromatic nitrogens is 1. The zero-order valence-electron chi connectivity index (χ0n) is 14.4. The van der Waals surface area contributed by atoms with Crippen LogP contribution in [-0.4, -0.2) is 50.8 Å². The first kappa shape index (κ1) is 22.5. The summed E-state index contributed by atoms with van der Waals surface area (Å²) in [5.41, 5.74) is 0. The third kappa shape index (κ3) is 9.67. The van der Waals surface area contributed by atoms with E-state index in [2.05, 4.69) is 25.9 Å². The van der Waals surface area contributed by atoms with Crippen LogP contribution in [0.2, 0.25) is 10.0 Å². The molecule has 9 heteroatoms. The van der Waals surface area contributed by atoms with Crippen LogP contribution >= 0.6 is 47.2 Å². The first-order valence-electron chi connectivity index (χ1n) is 8.26. The fourth-order valence-electron chi connectivity index (χ4n) is 2.04. The van der Waals surface area contributed by atoms with Gasteiger partial charge in [-0.2, -0.15) is 0 Å². The van der Waals surface area contributed by atoms with Gasteiger partial charge in [0.15, 0.2) is 5.96 Å². The second-order valence-electron chi connectivity index (χ2n) is 5.71. The minimum absolute atomic E-state index is 0. The molecule has 0 spiro atoms. The molecule has 1 heterocycles. The van der Waals surface area contributed by atoms with Crippen molar-refractivity contribution < 1.29 is 4.74 Å². The van der Waals surface area contributed by atoms with E-state index in [1.165, 1.54) is 12.8 Å². The van der Waals surface area contributed by atoms with Gasteiger partial charge < -0.3 is 20.7 Å². The summed E-state index contributed by atoms with van der Waals surface area (Å²) in [4.78, 5) is 8.33. The lowest BCUT2D eigenvalue weighted by atomic mass is 10.4. The van der Waals surface area contributed by atoms with Crippen LogP contribution in [0.15, 0.2) is 17.3 Å². The SMILES string of the molecule is CN=C(NCCCOCC1CC1)NCCNc1ncc(Cl)cc1Cl.I. The third-order valence-corrected chi connectivity index (χ3v) is 4.04. The van der Waals surface area contributed by atoms with E-state index in [1.54, 1.807) is 19.3 Å². The number of ether oxygens (including phenoxy) is 1. The van der Waals surface area contributed by atoms with Crippen molar-refractivity contribution in [2.75, 3.05) is 45.2 Å². The van der Waals surface area contributed by atoms with Gasteiger partial charge in [-0.05, 0) is 31.2 Å². The van der Waals surface area contributed by atoms with E-state index in [9.17, 15) is 0 Å². The van der Waals surface area contributed by atoms with Crippen molar-refractivity contribution in [3.8, 4) is 0 Å². The highest BCUT2D eigenvalue weighted by Crippen LogP contribution is 2.28. The Bertz CT molecular complexity index is 543. The summed E-state index contributed by atoms with van der Waals surface area (Å²) in [6.45, 7) is 3.91. The average Bonchev–Trinajstić information content (AvgIpc) is 3.38. The lowest BCUT2D eigenvalue weighted by molar-refractivity contribution is 0.123. The molecule has 0 aliphatic heterocycles. The molecule has 0 radical (unpaired) electrons. The van der Waals surface area contributed by atoms with E-state index in [4.69, 9.17) is 27.9 Å². The zero-order chi connectivity index (χ0) is 17.2. The van der Waals surface area contributed by atoms with Gasteiger partial charge in [0.25, 0.3) is 0 Å². The van der Waals surface area contributed by atoms with Gasteiger partial charge in [0.2, 0.25) is 0 Å². The van der Waals surface area contributed by atoms with Crippen molar-refractivity contribution in [1.82, 2.24) is 15.6 Å². The Morgan fingerprint density at radius 2 is 2.04 bits per heavy atom. The maximum Gasteiger partial charge on any atom is 0.191 e. The fraction of sp³-hybridized carbons (Fsp3) is 0.625. The van der Waals surface area contributed by atoms with Crippen LogP contribution in [0.5, 0.6) is 0 Å². The van der Waals surface area contributed by atoms with Crippen LogP contribution in [0.4, 0.5) is 5.82 Å². The molecule has 0 aromatic carbocycles. The molecule has 0 unspecified atom stereocenters. The number of hydrogen-bond donors (Lipinski definition) is 3. The molecule has 1 aliphatic carbocycles. The second-order valence-corrected chi connectivity index (χ2v) is 6.55. The molecule has 1 aromatic rings. The number of pyridine rings is 1. The Labute approximate surface area is 176 Å². The number of nitrogens with one attached hydrogen (secondary N) is 3. The molecular weight excluding hydrogens is 476 g/mol. The zero-order valence-corrected chi connectivity index (χ0v) is 18.2. The summed E-state index contributed by atoms with van der Waals surface area (Å²) in [6.07, 6.45) is 5.20. The van der Waals surface area contributed by atoms with Crippen molar-refractivity contribution in [1.29, 1.82) is 0 Å². The molecule has 0 amide bonds.